The van der Waals surface area contributed by atoms with E-state index < -0.39 is 6.10 Å². The van der Waals surface area contributed by atoms with Gasteiger partial charge in [0.2, 0.25) is 0 Å². The third-order valence-electron chi connectivity index (χ3n) is 5.43. The maximum absolute atomic E-state index is 10.2. The van der Waals surface area contributed by atoms with E-state index in [-0.39, 0.29) is 6.61 Å². The number of ether oxygens (including phenoxy) is 3. The molecule has 2 aliphatic heterocycles. The molecule has 2 heterocycles. The van der Waals surface area contributed by atoms with Crippen LogP contribution in [0.3, 0.4) is 0 Å². The van der Waals surface area contributed by atoms with E-state index in [4.69, 9.17) is 14.2 Å². The first kappa shape index (κ1) is 20.4. The fourth-order valence-electron chi connectivity index (χ4n) is 3.81. The predicted molar refractivity (Wildman–Crippen MR) is 105 cm³/mol. The lowest BCUT2D eigenvalue weighted by Gasteiger charge is -2.22. The molecule has 0 amide bonds. The van der Waals surface area contributed by atoms with E-state index in [1.54, 1.807) is 7.11 Å². The number of rotatable bonds is 10. The summed E-state index contributed by atoms with van der Waals surface area (Å²) in [6, 6.07) is 6.01. The van der Waals surface area contributed by atoms with Crippen LogP contribution in [0.25, 0.3) is 0 Å². The largest absolute Gasteiger partial charge is 0.493 e. The van der Waals surface area contributed by atoms with Crippen LogP contribution in [-0.4, -0.2) is 69.2 Å². The van der Waals surface area contributed by atoms with E-state index in [1.807, 2.05) is 12.1 Å². The molecule has 152 valence electrons. The van der Waals surface area contributed by atoms with Gasteiger partial charge in [0.1, 0.15) is 12.7 Å². The number of methoxy groups -OCH3 is 1. The number of hydrogen-bond donors (Lipinski definition) is 2. The van der Waals surface area contributed by atoms with Gasteiger partial charge in [-0.15, -0.1) is 0 Å². The number of β-amino-alcohol motifs (C(OH)–C–C–N with tert-alkyl or cyclic N) is 1. The summed E-state index contributed by atoms with van der Waals surface area (Å²) >= 11 is 0. The van der Waals surface area contributed by atoms with Crippen molar-refractivity contribution in [3.05, 3.63) is 23.8 Å². The summed E-state index contributed by atoms with van der Waals surface area (Å²) in [6.45, 7) is 6.72. The van der Waals surface area contributed by atoms with Gasteiger partial charge in [-0.25, -0.2) is 0 Å². The molecular formula is C21H34N2O4. The van der Waals surface area contributed by atoms with Crippen LogP contribution in [0.15, 0.2) is 18.2 Å². The first-order valence-electron chi connectivity index (χ1n) is 10.2. The third kappa shape index (κ3) is 6.64. The predicted octanol–water partition coefficient (Wildman–Crippen LogP) is 2.05. The molecule has 1 aromatic rings. The average molecular weight is 379 g/mol. The fraction of sp³-hybridized carbons (Fsp3) is 0.714. The van der Waals surface area contributed by atoms with Crippen LogP contribution in [0.5, 0.6) is 11.5 Å². The zero-order chi connectivity index (χ0) is 18.9. The Balaban J connectivity index is 1.43. The van der Waals surface area contributed by atoms with Gasteiger partial charge in [-0.3, -0.25) is 0 Å². The number of nitrogens with one attached hydrogen (secondary N) is 1. The highest BCUT2D eigenvalue weighted by molar-refractivity contribution is 5.43. The molecule has 1 aromatic carbocycles. The maximum atomic E-state index is 10.2. The molecule has 1 unspecified atom stereocenters. The highest BCUT2D eigenvalue weighted by Gasteiger charge is 2.17. The molecule has 0 spiro atoms. The minimum atomic E-state index is -0.478. The van der Waals surface area contributed by atoms with Crippen molar-refractivity contribution >= 4 is 0 Å². The number of aliphatic hydroxyl groups excluding tert-OH is 1. The summed E-state index contributed by atoms with van der Waals surface area (Å²) in [5.41, 5.74) is 1.17. The van der Waals surface area contributed by atoms with E-state index in [9.17, 15) is 5.11 Å². The summed E-state index contributed by atoms with van der Waals surface area (Å²) in [5, 5.41) is 13.7. The Morgan fingerprint density at radius 2 is 2.00 bits per heavy atom. The van der Waals surface area contributed by atoms with Crippen molar-refractivity contribution in [2.45, 2.75) is 38.3 Å². The Morgan fingerprint density at radius 3 is 2.74 bits per heavy atom. The van der Waals surface area contributed by atoms with Gasteiger partial charge in [-0.05, 0) is 68.9 Å². The normalized spacial score (nSPS) is 19.9. The van der Waals surface area contributed by atoms with Crippen molar-refractivity contribution in [1.82, 2.24) is 10.2 Å². The van der Waals surface area contributed by atoms with Crippen LogP contribution in [0.1, 0.15) is 31.2 Å². The maximum Gasteiger partial charge on any atom is 0.161 e. The van der Waals surface area contributed by atoms with Crippen molar-refractivity contribution in [1.29, 1.82) is 0 Å². The first-order chi connectivity index (χ1) is 13.2. The van der Waals surface area contributed by atoms with Crippen molar-refractivity contribution in [2.24, 2.45) is 5.92 Å². The number of likely N-dealkylation sites (tertiary alicyclic amines) is 1. The summed E-state index contributed by atoms with van der Waals surface area (Å²) < 4.78 is 16.7. The van der Waals surface area contributed by atoms with Crippen molar-refractivity contribution in [2.75, 3.05) is 53.1 Å². The second-order valence-corrected chi connectivity index (χ2v) is 7.64. The molecular weight excluding hydrogens is 344 g/mol. The zero-order valence-electron chi connectivity index (χ0n) is 16.5. The van der Waals surface area contributed by atoms with E-state index in [1.165, 1.54) is 18.4 Å². The lowest BCUT2D eigenvalue weighted by molar-refractivity contribution is 0.0662. The highest BCUT2D eigenvalue weighted by Crippen LogP contribution is 2.28. The monoisotopic (exact) mass is 378 g/mol. The molecule has 6 nitrogen and oxygen atoms in total. The summed E-state index contributed by atoms with van der Waals surface area (Å²) in [7, 11) is 1.65. The summed E-state index contributed by atoms with van der Waals surface area (Å²) in [5.74, 6) is 2.11. The smallest absolute Gasteiger partial charge is 0.161 e. The molecule has 0 radical (unpaired) electrons. The molecule has 3 rings (SSSR count). The van der Waals surface area contributed by atoms with Crippen LogP contribution in [0.4, 0.5) is 0 Å². The van der Waals surface area contributed by atoms with E-state index in [2.05, 4.69) is 16.3 Å². The molecule has 0 aliphatic carbocycles. The average Bonchev–Trinajstić information content (AvgIpc) is 3.20. The van der Waals surface area contributed by atoms with Gasteiger partial charge in [0.25, 0.3) is 0 Å². The van der Waals surface area contributed by atoms with Crippen molar-refractivity contribution in [3.63, 3.8) is 0 Å². The van der Waals surface area contributed by atoms with Gasteiger partial charge in [-0.1, -0.05) is 6.07 Å². The molecule has 2 N–H and O–H groups in total. The molecule has 0 aromatic heterocycles. The lowest BCUT2D eigenvalue weighted by atomic mass is 10.0. The molecule has 27 heavy (non-hydrogen) atoms. The lowest BCUT2D eigenvalue weighted by Crippen LogP contribution is -2.33. The van der Waals surface area contributed by atoms with Gasteiger partial charge in [0.05, 0.1) is 7.11 Å². The first-order valence-corrected chi connectivity index (χ1v) is 10.2. The van der Waals surface area contributed by atoms with Gasteiger partial charge in [0, 0.05) is 26.3 Å². The molecule has 0 bridgehead atoms. The van der Waals surface area contributed by atoms with Gasteiger partial charge in [-0.2, -0.15) is 0 Å². The SMILES string of the molecule is COc1cc(CNCC2CCOCC2)ccc1OCC(O)CN1CCCC1. The summed E-state index contributed by atoms with van der Waals surface area (Å²) in [4.78, 5) is 2.29. The van der Waals surface area contributed by atoms with E-state index >= 15 is 0 Å². The molecule has 0 saturated carbocycles. The standard InChI is InChI=1S/C21H34N2O4/c1-25-21-12-18(14-22-13-17-6-10-26-11-7-17)4-5-20(21)27-16-19(24)15-23-8-2-3-9-23/h4-5,12,17,19,22,24H,2-3,6-11,13-16H2,1H3. The number of nitrogens with zero attached hydrogens (tertiary/aromatic N) is 1. The molecule has 6 heteroatoms. The van der Waals surface area contributed by atoms with E-state index in [0.717, 1.165) is 52.2 Å². The molecule has 2 fully saturated rings. The zero-order valence-corrected chi connectivity index (χ0v) is 16.5. The number of benzene rings is 1. The van der Waals surface area contributed by atoms with Crippen LogP contribution >= 0.6 is 0 Å². The Kier molecular flexibility index (Phi) is 8.20. The minimum Gasteiger partial charge on any atom is -0.493 e. The van der Waals surface area contributed by atoms with Crippen LogP contribution in [0.2, 0.25) is 0 Å². The third-order valence-corrected chi connectivity index (χ3v) is 5.43. The minimum absolute atomic E-state index is 0.286. The Bertz CT molecular complexity index is 557. The van der Waals surface area contributed by atoms with Crippen LogP contribution < -0.4 is 14.8 Å². The van der Waals surface area contributed by atoms with Crippen molar-refractivity contribution in [3.8, 4) is 11.5 Å². The Hall–Kier alpha value is -1.34. The van der Waals surface area contributed by atoms with Crippen LogP contribution in [-0.2, 0) is 11.3 Å². The Morgan fingerprint density at radius 1 is 1.22 bits per heavy atom. The van der Waals surface area contributed by atoms with Gasteiger partial charge < -0.3 is 29.5 Å². The second kappa shape index (κ2) is 10.9. The summed E-state index contributed by atoms with van der Waals surface area (Å²) in [6.07, 6.45) is 4.26. The Labute approximate surface area is 162 Å². The molecule has 2 saturated heterocycles. The quantitative estimate of drug-likeness (QED) is 0.650. The van der Waals surface area contributed by atoms with E-state index in [0.29, 0.717) is 24.0 Å². The number of aliphatic hydroxyl groups is 1. The van der Waals surface area contributed by atoms with Gasteiger partial charge >= 0.3 is 0 Å². The van der Waals surface area contributed by atoms with Gasteiger partial charge in [0.15, 0.2) is 11.5 Å². The highest BCUT2D eigenvalue weighted by atomic mass is 16.5. The second-order valence-electron chi connectivity index (χ2n) is 7.64. The molecule has 2 aliphatic rings. The molecule has 1 atom stereocenters. The number of hydrogen-bond acceptors (Lipinski definition) is 6. The van der Waals surface area contributed by atoms with Crippen LogP contribution in [0, 0.1) is 5.92 Å². The van der Waals surface area contributed by atoms with Crippen molar-refractivity contribution < 1.29 is 19.3 Å². The topological polar surface area (TPSA) is 63.2 Å². The fourth-order valence-corrected chi connectivity index (χ4v) is 3.81.